The van der Waals surface area contributed by atoms with Crippen molar-refractivity contribution in [2.75, 3.05) is 0 Å². The third-order valence-corrected chi connectivity index (χ3v) is 1.79. The molecule has 80 valence electrons. The average Bonchev–Trinajstić information content (AvgIpc) is 1.81. The number of ether oxygens (including phenoxy) is 1. The van der Waals surface area contributed by atoms with Crippen molar-refractivity contribution in [2.24, 2.45) is 5.41 Å². The lowest BCUT2D eigenvalue weighted by Gasteiger charge is -2.30. The summed E-state index contributed by atoms with van der Waals surface area (Å²) in [5.74, 6) is 0. The fourth-order valence-corrected chi connectivity index (χ4v) is 1.09. The van der Waals surface area contributed by atoms with Crippen LogP contribution in [0.25, 0.3) is 0 Å². The van der Waals surface area contributed by atoms with Crippen LogP contribution in [0.4, 0.5) is 13.2 Å². The Morgan fingerprint density at radius 2 is 1.62 bits per heavy atom. The molecule has 0 spiro atoms. The van der Waals surface area contributed by atoms with Crippen molar-refractivity contribution in [3.8, 4) is 0 Å². The van der Waals surface area contributed by atoms with Gasteiger partial charge in [-0.25, -0.2) is 0 Å². The molecular weight excluding hydrogens is 181 g/mol. The van der Waals surface area contributed by atoms with Crippen molar-refractivity contribution in [2.45, 2.75) is 53.0 Å². The zero-order chi connectivity index (χ0) is 10.7. The summed E-state index contributed by atoms with van der Waals surface area (Å²) >= 11 is 0. The van der Waals surface area contributed by atoms with Crippen molar-refractivity contribution in [3.05, 3.63) is 0 Å². The van der Waals surface area contributed by atoms with Crippen LogP contribution in [0.2, 0.25) is 0 Å². The molecule has 0 aromatic rings. The summed E-state index contributed by atoms with van der Waals surface area (Å²) < 4.78 is 39.9. The molecule has 0 heterocycles. The van der Waals surface area contributed by atoms with Gasteiger partial charge in [0.25, 0.3) is 0 Å². The number of rotatable bonds is 3. The van der Waals surface area contributed by atoms with E-state index in [1.165, 1.54) is 0 Å². The summed E-state index contributed by atoms with van der Waals surface area (Å²) in [5.41, 5.74) is -0.467. The van der Waals surface area contributed by atoms with Crippen LogP contribution in [0.1, 0.15) is 40.5 Å². The first-order chi connectivity index (χ1) is 5.67. The predicted octanol–water partition coefficient (Wildman–Crippen LogP) is 3.74. The maximum atomic E-state index is 11.9. The second kappa shape index (κ2) is 4.31. The topological polar surface area (TPSA) is 9.23 Å². The maximum absolute atomic E-state index is 11.9. The SMILES string of the molecule is CCC[C@@H](OC(F)(F)F)C(C)(C)C. The van der Waals surface area contributed by atoms with E-state index in [-0.39, 0.29) is 0 Å². The molecule has 0 radical (unpaired) electrons. The molecule has 0 saturated heterocycles. The molecule has 0 aliphatic heterocycles. The largest absolute Gasteiger partial charge is 0.522 e. The Morgan fingerprint density at radius 3 is 1.85 bits per heavy atom. The molecule has 0 aromatic carbocycles. The first kappa shape index (κ1) is 12.8. The summed E-state index contributed by atoms with van der Waals surface area (Å²) in [6.45, 7) is 7.09. The van der Waals surface area contributed by atoms with Gasteiger partial charge >= 0.3 is 6.36 Å². The monoisotopic (exact) mass is 198 g/mol. The molecule has 0 unspecified atom stereocenters. The molecule has 13 heavy (non-hydrogen) atoms. The normalized spacial score (nSPS) is 15.9. The number of hydrogen-bond donors (Lipinski definition) is 0. The van der Waals surface area contributed by atoms with Crippen molar-refractivity contribution < 1.29 is 17.9 Å². The van der Waals surface area contributed by atoms with Gasteiger partial charge in [-0.3, -0.25) is 4.74 Å². The van der Waals surface area contributed by atoms with E-state index in [4.69, 9.17) is 0 Å². The van der Waals surface area contributed by atoms with Gasteiger partial charge in [0.15, 0.2) is 0 Å². The van der Waals surface area contributed by atoms with Crippen LogP contribution in [0.3, 0.4) is 0 Å². The lowest BCUT2D eigenvalue weighted by molar-refractivity contribution is -0.353. The minimum atomic E-state index is -4.52. The Hall–Kier alpha value is -0.250. The molecule has 0 aliphatic carbocycles. The third kappa shape index (κ3) is 5.91. The average molecular weight is 198 g/mol. The second-order valence-corrected chi connectivity index (χ2v) is 4.21. The Bertz CT molecular complexity index is 146. The molecular formula is C9H17F3O. The second-order valence-electron chi connectivity index (χ2n) is 4.21. The number of hydrogen-bond acceptors (Lipinski definition) is 1. The van der Waals surface area contributed by atoms with Gasteiger partial charge < -0.3 is 0 Å². The first-order valence-corrected chi connectivity index (χ1v) is 4.41. The zero-order valence-corrected chi connectivity index (χ0v) is 8.53. The highest BCUT2D eigenvalue weighted by atomic mass is 19.4. The summed E-state index contributed by atoms with van der Waals surface area (Å²) in [6, 6.07) is 0. The highest BCUT2D eigenvalue weighted by Gasteiger charge is 2.37. The first-order valence-electron chi connectivity index (χ1n) is 4.41. The van der Waals surface area contributed by atoms with Gasteiger partial charge in [-0.2, -0.15) is 0 Å². The Labute approximate surface area is 77.3 Å². The Morgan fingerprint density at radius 1 is 1.15 bits per heavy atom. The number of alkyl halides is 3. The van der Waals surface area contributed by atoms with E-state index in [1.807, 2.05) is 6.92 Å². The fourth-order valence-electron chi connectivity index (χ4n) is 1.09. The third-order valence-electron chi connectivity index (χ3n) is 1.79. The quantitative estimate of drug-likeness (QED) is 0.671. The van der Waals surface area contributed by atoms with Gasteiger partial charge in [-0.1, -0.05) is 34.1 Å². The van der Waals surface area contributed by atoms with E-state index in [2.05, 4.69) is 4.74 Å². The standard InChI is InChI=1S/C9H17F3O/c1-5-6-7(8(2,3)4)13-9(10,11)12/h7H,5-6H2,1-4H3/t7-/m1/s1. The smallest absolute Gasteiger partial charge is 0.288 e. The van der Waals surface area contributed by atoms with Crippen LogP contribution in [0, 0.1) is 5.41 Å². The van der Waals surface area contributed by atoms with Gasteiger partial charge in [0, 0.05) is 0 Å². The van der Waals surface area contributed by atoms with E-state index in [0.29, 0.717) is 12.8 Å². The van der Waals surface area contributed by atoms with Gasteiger partial charge in [-0.15, -0.1) is 13.2 Å². The van der Waals surface area contributed by atoms with Crippen molar-refractivity contribution >= 4 is 0 Å². The van der Waals surface area contributed by atoms with Gasteiger partial charge in [0.1, 0.15) is 0 Å². The molecule has 0 aliphatic rings. The Kier molecular flexibility index (Phi) is 4.23. The van der Waals surface area contributed by atoms with Crippen LogP contribution in [0.15, 0.2) is 0 Å². The highest BCUT2D eigenvalue weighted by molar-refractivity contribution is 4.74. The van der Waals surface area contributed by atoms with Gasteiger partial charge in [0.2, 0.25) is 0 Å². The van der Waals surface area contributed by atoms with Crippen LogP contribution in [0.5, 0.6) is 0 Å². The molecule has 0 N–H and O–H groups in total. The summed E-state index contributed by atoms with van der Waals surface area (Å²) in [4.78, 5) is 0. The summed E-state index contributed by atoms with van der Waals surface area (Å²) in [5, 5.41) is 0. The van der Waals surface area contributed by atoms with E-state index >= 15 is 0 Å². The van der Waals surface area contributed by atoms with Crippen molar-refractivity contribution in [3.63, 3.8) is 0 Å². The number of halogens is 3. The molecule has 1 atom stereocenters. The van der Waals surface area contributed by atoms with Crippen LogP contribution in [-0.2, 0) is 4.74 Å². The minimum absolute atomic E-state index is 0.434. The van der Waals surface area contributed by atoms with Gasteiger partial charge in [-0.05, 0) is 11.8 Å². The lowest BCUT2D eigenvalue weighted by atomic mass is 9.86. The molecule has 4 heteroatoms. The molecule has 0 aromatic heterocycles. The van der Waals surface area contributed by atoms with Crippen molar-refractivity contribution in [1.29, 1.82) is 0 Å². The van der Waals surface area contributed by atoms with E-state index in [0.717, 1.165) is 0 Å². The highest BCUT2D eigenvalue weighted by Crippen LogP contribution is 2.31. The molecule has 0 saturated carbocycles. The van der Waals surface area contributed by atoms with Crippen LogP contribution < -0.4 is 0 Å². The molecule has 0 rings (SSSR count). The summed E-state index contributed by atoms with van der Waals surface area (Å²) in [6.07, 6.45) is -4.15. The lowest BCUT2D eigenvalue weighted by Crippen LogP contribution is -2.34. The van der Waals surface area contributed by atoms with E-state index in [1.54, 1.807) is 20.8 Å². The van der Waals surface area contributed by atoms with Crippen LogP contribution >= 0.6 is 0 Å². The molecule has 0 bridgehead atoms. The maximum Gasteiger partial charge on any atom is 0.522 e. The summed E-state index contributed by atoms with van der Waals surface area (Å²) in [7, 11) is 0. The Balaban J connectivity index is 4.27. The molecule has 0 amide bonds. The zero-order valence-electron chi connectivity index (χ0n) is 8.53. The van der Waals surface area contributed by atoms with E-state index in [9.17, 15) is 13.2 Å². The minimum Gasteiger partial charge on any atom is -0.288 e. The fraction of sp³-hybridized carbons (Fsp3) is 1.00. The van der Waals surface area contributed by atoms with Crippen molar-refractivity contribution in [1.82, 2.24) is 0 Å². The predicted molar refractivity (Wildman–Crippen MR) is 45.3 cm³/mol. The van der Waals surface area contributed by atoms with Gasteiger partial charge in [0.05, 0.1) is 6.10 Å². The molecule has 1 nitrogen and oxygen atoms in total. The van der Waals surface area contributed by atoms with Crippen LogP contribution in [-0.4, -0.2) is 12.5 Å². The van der Waals surface area contributed by atoms with E-state index < -0.39 is 17.9 Å². The molecule has 0 fully saturated rings.